The molecule has 0 amide bonds. The molecule has 2 aromatic rings. The fourth-order valence-corrected chi connectivity index (χ4v) is 6.32. The van der Waals surface area contributed by atoms with Crippen LogP contribution in [0, 0.1) is 17.2 Å². The number of hydrogen-bond donors (Lipinski definition) is 1. The van der Waals surface area contributed by atoms with Crippen LogP contribution in [0.5, 0.6) is 5.75 Å². The summed E-state index contributed by atoms with van der Waals surface area (Å²) < 4.78 is 39.9. The van der Waals surface area contributed by atoms with Gasteiger partial charge in [0.25, 0.3) is 5.56 Å². The first-order valence-corrected chi connectivity index (χ1v) is 13.3. The molecular weight excluding hydrogens is 494 g/mol. The maximum absolute atomic E-state index is 13.3. The van der Waals surface area contributed by atoms with Crippen molar-refractivity contribution < 1.29 is 17.9 Å². The van der Waals surface area contributed by atoms with E-state index in [1.807, 2.05) is 6.07 Å². The Morgan fingerprint density at radius 2 is 2.09 bits per heavy atom. The number of ether oxygens (including phenoxy) is 2. The van der Waals surface area contributed by atoms with Gasteiger partial charge in [-0.15, -0.1) is 0 Å². The number of benzene rings is 1. The predicted molar refractivity (Wildman–Crippen MR) is 130 cm³/mol. The van der Waals surface area contributed by atoms with E-state index in [1.54, 1.807) is 6.20 Å². The predicted octanol–water partition coefficient (Wildman–Crippen LogP) is 2.64. The first kappa shape index (κ1) is 25.4. The van der Waals surface area contributed by atoms with Gasteiger partial charge in [0.2, 0.25) is 10.0 Å². The molecule has 0 spiro atoms. The zero-order valence-electron chi connectivity index (χ0n) is 19.4. The minimum Gasteiger partial charge on any atom is -0.495 e. The molecule has 0 aliphatic carbocycles. The van der Waals surface area contributed by atoms with Gasteiger partial charge in [0.05, 0.1) is 43.3 Å². The summed E-state index contributed by atoms with van der Waals surface area (Å²) in [5, 5.41) is 16.8. The van der Waals surface area contributed by atoms with Crippen molar-refractivity contribution in [2.24, 2.45) is 5.92 Å². The topological polar surface area (TPSA) is 127 Å². The van der Waals surface area contributed by atoms with Crippen molar-refractivity contribution in [1.82, 2.24) is 14.1 Å². The number of hydrogen-bond acceptors (Lipinski definition) is 8. The summed E-state index contributed by atoms with van der Waals surface area (Å²) in [5.74, 6) is 0.541. The van der Waals surface area contributed by atoms with E-state index >= 15 is 0 Å². The van der Waals surface area contributed by atoms with Gasteiger partial charge in [0.1, 0.15) is 15.7 Å². The molecule has 0 bridgehead atoms. The van der Waals surface area contributed by atoms with Crippen LogP contribution in [0.3, 0.4) is 0 Å². The summed E-state index contributed by atoms with van der Waals surface area (Å²) in [7, 11) is -2.50. The molecule has 1 aromatic carbocycles. The number of rotatable bonds is 7. The molecule has 2 aliphatic heterocycles. The molecule has 4 rings (SSSR count). The highest BCUT2D eigenvalue weighted by Crippen LogP contribution is 2.31. The van der Waals surface area contributed by atoms with Crippen LogP contribution in [0.2, 0.25) is 5.02 Å². The lowest BCUT2D eigenvalue weighted by Gasteiger charge is -2.32. The summed E-state index contributed by atoms with van der Waals surface area (Å²) in [6.45, 7) is 2.51. The highest BCUT2D eigenvalue weighted by atomic mass is 35.5. The Morgan fingerprint density at radius 1 is 1.31 bits per heavy atom. The van der Waals surface area contributed by atoms with Crippen molar-refractivity contribution in [3.05, 3.63) is 45.3 Å². The molecule has 1 aromatic heterocycles. The molecule has 1 atom stereocenters. The SMILES string of the molecule is COc1ccc(C#N)cc1S(=O)(=O)N1CCC(n2ncc(NC[C@H]3CCCOC3)c(Cl)c2=O)CC1. The second-order valence-electron chi connectivity index (χ2n) is 8.70. The van der Waals surface area contributed by atoms with Crippen molar-refractivity contribution in [1.29, 1.82) is 5.26 Å². The first-order valence-electron chi connectivity index (χ1n) is 11.5. The van der Waals surface area contributed by atoms with Gasteiger partial charge in [0.15, 0.2) is 0 Å². The van der Waals surface area contributed by atoms with Gasteiger partial charge in [0, 0.05) is 26.2 Å². The van der Waals surface area contributed by atoms with E-state index in [4.69, 9.17) is 21.1 Å². The second-order valence-corrected chi connectivity index (χ2v) is 11.0. The zero-order chi connectivity index (χ0) is 25.0. The van der Waals surface area contributed by atoms with Crippen molar-refractivity contribution in [2.45, 2.75) is 36.6 Å². The number of halogens is 1. The number of nitriles is 1. The molecule has 35 heavy (non-hydrogen) atoms. The molecule has 2 saturated heterocycles. The maximum Gasteiger partial charge on any atom is 0.287 e. The van der Waals surface area contributed by atoms with Crippen LogP contribution in [0.15, 0.2) is 34.1 Å². The number of anilines is 1. The number of sulfonamides is 1. The molecular formula is C23H28ClN5O5S. The maximum atomic E-state index is 13.3. The van der Waals surface area contributed by atoms with Crippen molar-refractivity contribution >= 4 is 27.3 Å². The van der Waals surface area contributed by atoms with Gasteiger partial charge in [-0.05, 0) is 49.8 Å². The van der Waals surface area contributed by atoms with Crippen molar-refractivity contribution in [3.63, 3.8) is 0 Å². The summed E-state index contributed by atoms with van der Waals surface area (Å²) in [6.07, 6.45) is 4.42. The number of nitrogens with one attached hydrogen (secondary N) is 1. The Labute approximate surface area is 209 Å². The minimum atomic E-state index is -3.88. The minimum absolute atomic E-state index is 0.0466. The lowest BCUT2D eigenvalue weighted by Crippen LogP contribution is -2.41. The molecule has 0 saturated carbocycles. The number of aromatic nitrogens is 2. The van der Waals surface area contributed by atoms with Crippen LogP contribution >= 0.6 is 11.6 Å². The Kier molecular flexibility index (Phi) is 7.96. The molecule has 188 valence electrons. The third-order valence-electron chi connectivity index (χ3n) is 6.46. The quantitative estimate of drug-likeness (QED) is 0.589. The van der Waals surface area contributed by atoms with Crippen LogP contribution in [0.1, 0.15) is 37.3 Å². The molecule has 0 radical (unpaired) electrons. The zero-order valence-corrected chi connectivity index (χ0v) is 21.0. The highest BCUT2D eigenvalue weighted by molar-refractivity contribution is 7.89. The van der Waals surface area contributed by atoms with Crippen LogP contribution in [0.4, 0.5) is 5.69 Å². The fraction of sp³-hybridized carbons (Fsp3) is 0.522. The molecule has 0 unspecified atom stereocenters. The van der Waals surface area contributed by atoms with E-state index in [9.17, 15) is 18.5 Å². The third-order valence-corrected chi connectivity index (χ3v) is 8.74. The van der Waals surface area contributed by atoms with Gasteiger partial charge in [-0.2, -0.15) is 14.7 Å². The summed E-state index contributed by atoms with van der Waals surface area (Å²) in [5.41, 5.74) is 0.318. The van der Waals surface area contributed by atoms with Crippen molar-refractivity contribution in [2.75, 3.05) is 45.3 Å². The van der Waals surface area contributed by atoms with Gasteiger partial charge >= 0.3 is 0 Å². The molecule has 12 heteroatoms. The molecule has 3 heterocycles. The highest BCUT2D eigenvalue weighted by Gasteiger charge is 2.33. The summed E-state index contributed by atoms with van der Waals surface area (Å²) in [4.78, 5) is 12.9. The number of methoxy groups -OCH3 is 1. The Hall–Kier alpha value is -2.65. The molecule has 2 fully saturated rings. The van der Waals surface area contributed by atoms with E-state index in [2.05, 4.69) is 10.4 Å². The smallest absolute Gasteiger partial charge is 0.287 e. The van der Waals surface area contributed by atoms with E-state index < -0.39 is 15.6 Å². The standard InChI is InChI=1S/C23H28ClN5O5S/c1-33-20-5-4-16(12-25)11-21(20)35(31,32)28-8-6-18(7-9-28)29-23(30)22(24)19(14-27-29)26-13-17-3-2-10-34-15-17/h4-5,11,14,17-18,26H,2-3,6-10,13,15H2,1H3/t17-/m1/s1. The molecule has 2 aliphatic rings. The first-order chi connectivity index (χ1) is 16.8. The van der Waals surface area contributed by atoms with Gasteiger partial charge in [-0.25, -0.2) is 13.1 Å². The third kappa shape index (κ3) is 5.46. The van der Waals surface area contributed by atoms with Crippen LogP contribution < -0.4 is 15.6 Å². The van der Waals surface area contributed by atoms with Crippen LogP contribution in [0.25, 0.3) is 0 Å². The average molecular weight is 522 g/mol. The normalized spacial score (nSPS) is 19.7. The van der Waals surface area contributed by atoms with E-state index in [-0.39, 0.29) is 40.4 Å². The largest absolute Gasteiger partial charge is 0.495 e. The monoisotopic (exact) mass is 521 g/mol. The number of nitrogens with zero attached hydrogens (tertiary/aromatic N) is 4. The molecule has 10 nitrogen and oxygen atoms in total. The van der Waals surface area contributed by atoms with Gasteiger partial charge in [-0.1, -0.05) is 11.6 Å². The van der Waals surface area contributed by atoms with E-state index in [1.165, 1.54) is 34.3 Å². The van der Waals surface area contributed by atoms with Gasteiger partial charge < -0.3 is 14.8 Å². The van der Waals surface area contributed by atoms with Crippen LogP contribution in [-0.4, -0.2) is 62.5 Å². The summed E-state index contributed by atoms with van der Waals surface area (Å²) >= 11 is 6.36. The van der Waals surface area contributed by atoms with Gasteiger partial charge in [-0.3, -0.25) is 4.79 Å². The lowest BCUT2D eigenvalue weighted by molar-refractivity contribution is 0.0595. The number of piperidine rings is 1. The average Bonchev–Trinajstić information content (AvgIpc) is 2.90. The van der Waals surface area contributed by atoms with Crippen LogP contribution in [-0.2, 0) is 14.8 Å². The Balaban J connectivity index is 1.44. The summed E-state index contributed by atoms with van der Waals surface area (Å²) in [6, 6.07) is 5.98. The second kappa shape index (κ2) is 11.0. The lowest BCUT2D eigenvalue weighted by atomic mass is 10.0. The van der Waals surface area contributed by atoms with Crippen molar-refractivity contribution in [3.8, 4) is 11.8 Å². The Bertz CT molecular complexity index is 1260. The van der Waals surface area contributed by atoms with E-state index in [0.717, 1.165) is 19.4 Å². The van der Waals surface area contributed by atoms with E-state index in [0.29, 0.717) is 37.6 Å². The molecule has 1 N–H and O–H groups in total. The fourth-order valence-electron chi connectivity index (χ4n) is 4.46. The Morgan fingerprint density at radius 3 is 2.74 bits per heavy atom.